The van der Waals surface area contributed by atoms with Gasteiger partial charge in [0, 0.05) is 18.6 Å². The molecule has 0 saturated carbocycles. The minimum Gasteiger partial charge on any atom is -0.313 e. The topological polar surface area (TPSA) is 15.3 Å². The SMILES string of the molecule is CC1CC(N2CCCC2)CN1. The van der Waals surface area contributed by atoms with E-state index < -0.39 is 0 Å². The Morgan fingerprint density at radius 1 is 1.27 bits per heavy atom. The van der Waals surface area contributed by atoms with Crippen molar-refractivity contribution in [3.8, 4) is 0 Å². The van der Waals surface area contributed by atoms with Gasteiger partial charge in [-0.1, -0.05) is 0 Å². The van der Waals surface area contributed by atoms with Gasteiger partial charge in [0.25, 0.3) is 0 Å². The van der Waals surface area contributed by atoms with Crippen LogP contribution in [0.15, 0.2) is 0 Å². The molecule has 2 aliphatic heterocycles. The summed E-state index contributed by atoms with van der Waals surface area (Å²) in [4.78, 5) is 2.65. The molecule has 2 rings (SSSR count). The molecule has 2 unspecified atom stereocenters. The van der Waals surface area contributed by atoms with E-state index in [4.69, 9.17) is 0 Å². The molecule has 0 aromatic carbocycles. The standard InChI is InChI=1S/C9H18N2/c1-8-6-9(7-10-8)11-4-2-3-5-11/h8-10H,2-7H2,1H3. The van der Waals surface area contributed by atoms with Crippen molar-refractivity contribution >= 4 is 0 Å². The van der Waals surface area contributed by atoms with Gasteiger partial charge in [-0.25, -0.2) is 0 Å². The second-order valence-electron chi connectivity index (χ2n) is 3.94. The van der Waals surface area contributed by atoms with Gasteiger partial charge < -0.3 is 5.32 Å². The first-order valence-corrected chi connectivity index (χ1v) is 4.83. The summed E-state index contributed by atoms with van der Waals surface area (Å²) in [5, 5.41) is 3.50. The largest absolute Gasteiger partial charge is 0.313 e. The maximum absolute atomic E-state index is 3.50. The molecule has 2 atom stereocenters. The third-order valence-corrected chi connectivity index (χ3v) is 2.98. The molecule has 2 heterocycles. The Morgan fingerprint density at radius 2 is 2.00 bits per heavy atom. The van der Waals surface area contributed by atoms with Crippen molar-refractivity contribution < 1.29 is 0 Å². The van der Waals surface area contributed by atoms with Crippen LogP contribution >= 0.6 is 0 Å². The van der Waals surface area contributed by atoms with Gasteiger partial charge in [-0.2, -0.15) is 0 Å². The Kier molecular flexibility index (Phi) is 2.14. The summed E-state index contributed by atoms with van der Waals surface area (Å²) in [6, 6.07) is 1.60. The van der Waals surface area contributed by atoms with Gasteiger partial charge in [-0.3, -0.25) is 4.90 Å². The second-order valence-corrected chi connectivity index (χ2v) is 3.94. The number of hydrogen-bond acceptors (Lipinski definition) is 2. The molecule has 64 valence electrons. The monoisotopic (exact) mass is 154 g/mol. The van der Waals surface area contributed by atoms with Gasteiger partial charge in [0.2, 0.25) is 0 Å². The van der Waals surface area contributed by atoms with Gasteiger partial charge >= 0.3 is 0 Å². The zero-order valence-corrected chi connectivity index (χ0v) is 7.34. The molecule has 0 amide bonds. The zero-order chi connectivity index (χ0) is 7.68. The summed E-state index contributed by atoms with van der Waals surface area (Å²) in [7, 11) is 0. The Bertz CT molecular complexity index is 130. The van der Waals surface area contributed by atoms with E-state index in [0.29, 0.717) is 0 Å². The molecule has 1 N–H and O–H groups in total. The van der Waals surface area contributed by atoms with E-state index in [1.165, 1.54) is 38.9 Å². The van der Waals surface area contributed by atoms with Crippen LogP contribution in [0.4, 0.5) is 0 Å². The van der Waals surface area contributed by atoms with Crippen molar-refractivity contribution in [3.05, 3.63) is 0 Å². The number of hydrogen-bond donors (Lipinski definition) is 1. The van der Waals surface area contributed by atoms with E-state index in [0.717, 1.165) is 12.1 Å². The van der Waals surface area contributed by atoms with Crippen LogP contribution in [0.2, 0.25) is 0 Å². The predicted octanol–water partition coefficient (Wildman–Crippen LogP) is 0.833. The van der Waals surface area contributed by atoms with Crippen molar-refractivity contribution in [2.75, 3.05) is 19.6 Å². The van der Waals surface area contributed by atoms with Crippen molar-refractivity contribution in [1.82, 2.24) is 10.2 Å². The predicted molar refractivity (Wildman–Crippen MR) is 46.7 cm³/mol. The minimum absolute atomic E-state index is 0.751. The third kappa shape index (κ3) is 1.57. The smallest absolute Gasteiger partial charge is 0.0235 e. The lowest BCUT2D eigenvalue weighted by molar-refractivity contribution is 0.256. The number of nitrogens with zero attached hydrogens (tertiary/aromatic N) is 1. The maximum Gasteiger partial charge on any atom is 0.0235 e. The molecule has 0 bridgehead atoms. The van der Waals surface area contributed by atoms with Crippen LogP contribution in [0.25, 0.3) is 0 Å². The van der Waals surface area contributed by atoms with Crippen molar-refractivity contribution in [1.29, 1.82) is 0 Å². The molecular formula is C9H18N2. The molecule has 2 fully saturated rings. The van der Waals surface area contributed by atoms with Crippen LogP contribution < -0.4 is 5.32 Å². The highest BCUT2D eigenvalue weighted by Gasteiger charge is 2.27. The van der Waals surface area contributed by atoms with Gasteiger partial charge in [0.1, 0.15) is 0 Å². The van der Waals surface area contributed by atoms with E-state index in [-0.39, 0.29) is 0 Å². The highest BCUT2D eigenvalue weighted by Crippen LogP contribution is 2.18. The summed E-state index contributed by atoms with van der Waals surface area (Å²) in [6.07, 6.45) is 4.20. The highest BCUT2D eigenvalue weighted by atomic mass is 15.2. The summed E-state index contributed by atoms with van der Waals surface area (Å²) in [6.45, 7) is 6.20. The molecule has 0 aromatic heterocycles. The first-order valence-electron chi connectivity index (χ1n) is 4.83. The first-order chi connectivity index (χ1) is 5.36. The van der Waals surface area contributed by atoms with Crippen molar-refractivity contribution in [3.63, 3.8) is 0 Å². The van der Waals surface area contributed by atoms with E-state index >= 15 is 0 Å². The minimum atomic E-state index is 0.751. The molecule has 2 nitrogen and oxygen atoms in total. The normalized spacial score (nSPS) is 40.1. The Morgan fingerprint density at radius 3 is 2.55 bits per heavy atom. The summed E-state index contributed by atoms with van der Waals surface area (Å²) in [5.41, 5.74) is 0. The average molecular weight is 154 g/mol. The fraction of sp³-hybridized carbons (Fsp3) is 1.00. The van der Waals surface area contributed by atoms with E-state index in [2.05, 4.69) is 17.1 Å². The summed E-state index contributed by atoms with van der Waals surface area (Å²) in [5.74, 6) is 0. The zero-order valence-electron chi connectivity index (χ0n) is 7.34. The highest BCUT2D eigenvalue weighted by molar-refractivity contribution is 4.87. The lowest BCUT2D eigenvalue weighted by atomic mass is 10.2. The van der Waals surface area contributed by atoms with Crippen LogP contribution in [0.3, 0.4) is 0 Å². The fourth-order valence-electron chi connectivity index (χ4n) is 2.30. The summed E-state index contributed by atoms with van der Waals surface area (Å²) < 4.78 is 0. The number of likely N-dealkylation sites (tertiary alicyclic amines) is 1. The van der Waals surface area contributed by atoms with E-state index in [1.807, 2.05) is 0 Å². The maximum atomic E-state index is 3.50. The fourth-order valence-corrected chi connectivity index (χ4v) is 2.30. The molecule has 2 saturated heterocycles. The number of rotatable bonds is 1. The van der Waals surface area contributed by atoms with E-state index in [1.54, 1.807) is 0 Å². The molecule has 2 heteroatoms. The van der Waals surface area contributed by atoms with Crippen LogP contribution in [-0.4, -0.2) is 36.6 Å². The molecule has 11 heavy (non-hydrogen) atoms. The van der Waals surface area contributed by atoms with E-state index in [9.17, 15) is 0 Å². The molecule has 0 aliphatic carbocycles. The Balaban J connectivity index is 1.85. The average Bonchev–Trinajstić information content (AvgIpc) is 2.55. The lowest BCUT2D eigenvalue weighted by Crippen LogP contribution is -2.34. The first kappa shape index (κ1) is 7.56. The van der Waals surface area contributed by atoms with Gasteiger partial charge in [0.15, 0.2) is 0 Å². The van der Waals surface area contributed by atoms with Crippen molar-refractivity contribution in [2.24, 2.45) is 0 Å². The second kappa shape index (κ2) is 3.11. The van der Waals surface area contributed by atoms with Crippen LogP contribution in [0.1, 0.15) is 26.2 Å². The third-order valence-electron chi connectivity index (χ3n) is 2.98. The summed E-state index contributed by atoms with van der Waals surface area (Å²) >= 11 is 0. The lowest BCUT2D eigenvalue weighted by Gasteiger charge is -2.21. The number of nitrogens with one attached hydrogen (secondary N) is 1. The Labute approximate surface area is 69.0 Å². The molecule has 0 aromatic rings. The molecule has 0 spiro atoms. The molecule has 2 aliphatic rings. The Hall–Kier alpha value is -0.0800. The van der Waals surface area contributed by atoms with Gasteiger partial charge in [0.05, 0.1) is 0 Å². The molecule has 0 radical (unpaired) electrons. The van der Waals surface area contributed by atoms with Gasteiger partial charge in [-0.15, -0.1) is 0 Å². The van der Waals surface area contributed by atoms with Crippen LogP contribution in [0.5, 0.6) is 0 Å². The molecular weight excluding hydrogens is 136 g/mol. The quantitative estimate of drug-likeness (QED) is 0.602. The van der Waals surface area contributed by atoms with Crippen LogP contribution in [-0.2, 0) is 0 Å². The van der Waals surface area contributed by atoms with Crippen molar-refractivity contribution in [2.45, 2.75) is 38.3 Å². The van der Waals surface area contributed by atoms with Gasteiger partial charge in [-0.05, 0) is 39.3 Å². The van der Waals surface area contributed by atoms with Crippen LogP contribution in [0, 0.1) is 0 Å².